The zero-order valence-electron chi connectivity index (χ0n) is 29.0. The van der Waals surface area contributed by atoms with E-state index < -0.39 is 0 Å². The third-order valence-electron chi connectivity index (χ3n) is 11.4. The number of rotatable bonds is 3. The largest absolute Gasteiger partial charge is 0.456 e. The molecule has 0 bridgehead atoms. The molecule has 0 saturated carbocycles. The van der Waals surface area contributed by atoms with Gasteiger partial charge in [0.05, 0.1) is 28.1 Å². The molecule has 5 heteroatoms. The highest BCUT2D eigenvalue weighted by Gasteiger charge is 2.21. The van der Waals surface area contributed by atoms with Gasteiger partial charge in [0.1, 0.15) is 22.3 Å². The molecule has 1 aliphatic rings. The van der Waals surface area contributed by atoms with Crippen LogP contribution in [0.3, 0.4) is 0 Å². The first kappa shape index (κ1) is 29.3. The van der Waals surface area contributed by atoms with E-state index in [-0.39, 0.29) is 0 Å². The lowest BCUT2D eigenvalue weighted by molar-refractivity contribution is 0.669. The molecule has 0 unspecified atom stereocenters. The summed E-state index contributed by atoms with van der Waals surface area (Å²) in [7, 11) is 0. The van der Waals surface area contributed by atoms with Crippen molar-refractivity contribution in [1.82, 2.24) is 9.13 Å². The normalized spacial score (nSPS) is 13.6. The molecule has 0 spiro atoms. The molecule has 1 aliphatic carbocycles. The van der Waals surface area contributed by atoms with Gasteiger partial charge < -0.3 is 18.0 Å². The quantitative estimate of drug-likeness (QED) is 0.185. The third kappa shape index (κ3) is 4.08. The molecule has 11 aromatic rings. The Hall–Kier alpha value is -7.29. The number of benzene rings is 7. The van der Waals surface area contributed by atoms with Crippen LogP contribution in [-0.2, 0) is 0 Å². The Morgan fingerprint density at radius 1 is 0.426 bits per heavy atom. The molecule has 54 heavy (non-hydrogen) atoms. The molecule has 12 rings (SSSR count). The molecule has 4 heterocycles. The van der Waals surface area contributed by atoms with Crippen molar-refractivity contribution >= 4 is 93.2 Å². The molecular formula is C49H29N3O2. The van der Waals surface area contributed by atoms with Crippen molar-refractivity contribution < 1.29 is 8.83 Å². The molecule has 252 valence electrons. The monoisotopic (exact) mass is 691 g/mol. The van der Waals surface area contributed by atoms with Crippen molar-refractivity contribution in [2.24, 2.45) is 0 Å². The fourth-order valence-electron chi connectivity index (χ4n) is 8.91. The predicted molar refractivity (Wildman–Crippen MR) is 221 cm³/mol. The highest BCUT2D eigenvalue weighted by molar-refractivity contribution is 6.20. The second kappa shape index (κ2) is 10.9. The summed E-state index contributed by atoms with van der Waals surface area (Å²) in [5.41, 5.74) is 13.5. The second-order valence-corrected chi connectivity index (χ2v) is 14.4. The van der Waals surface area contributed by atoms with Gasteiger partial charge in [-0.1, -0.05) is 66.7 Å². The molecule has 7 aromatic carbocycles. The van der Waals surface area contributed by atoms with Crippen molar-refractivity contribution in [2.75, 3.05) is 0 Å². The summed E-state index contributed by atoms with van der Waals surface area (Å²) in [5, 5.41) is 18.8. The van der Waals surface area contributed by atoms with Gasteiger partial charge in [-0.25, -0.2) is 0 Å². The lowest BCUT2D eigenvalue weighted by atomic mass is 9.99. The summed E-state index contributed by atoms with van der Waals surface area (Å²) in [6.07, 6.45) is 5.59. The average molecular weight is 692 g/mol. The van der Waals surface area contributed by atoms with Crippen LogP contribution in [-0.4, -0.2) is 9.13 Å². The topological polar surface area (TPSA) is 59.9 Å². The number of para-hydroxylation sites is 3. The van der Waals surface area contributed by atoms with Crippen LogP contribution in [0.25, 0.3) is 110 Å². The van der Waals surface area contributed by atoms with Gasteiger partial charge in [-0.2, -0.15) is 5.26 Å². The molecule has 5 nitrogen and oxygen atoms in total. The molecule has 4 aromatic heterocycles. The summed E-state index contributed by atoms with van der Waals surface area (Å²) in [6.45, 7) is 0. The van der Waals surface area contributed by atoms with E-state index in [0.29, 0.717) is 0 Å². The number of nitriles is 1. The van der Waals surface area contributed by atoms with Crippen molar-refractivity contribution in [3.63, 3.8) is 0 Å². The van der Waals surface area contributed by atoms with Crippen LogP contribution in [0, 0.1) is 11.3 Å². The fourth-order valence-corrected chi connectivity index (χ4v) is 8.91. The predicted octanol–water partition coefficient (Wildman–Crippen LogP) is 13.4. The number of allylic oxidation sites excluding steroid dienone is 4. The Balaban J connectivity index is 1.12. The number of aromatic nitrogens is 2. The molecule has 0 fully saturated rings. The van der Waals surface area contributed by atoms with Crippen LogP contribution in [0.1, 0.15) is 12.8 Å². The summed E-state index contributed by atoms with van der Waals surface area (Å²) in [6, 6.07) is 52.2. The van der Waals surface area contributed by atoms with Crippen LogP contribution < -0.4 is 0 Å². The number of hydrogen-bond donors (Lipinski definition) is 0. The Morgan fingerprint density at radius 2 is 0.963 bits per heavy atom. The lowest BCUT2D eigenvalue weighted by Crippen LogP contribution is -2.00. The highest BCUT2D eigenvalue weighted by Crippen LogP contribution is 2.43. The van der Waals surface area contributed by atoms with Gasteiger partial charge in [-0.3, -0.25) is 0 Å². The van der Waals surface area contributed by atoms with Crippen molar-refractivity contribution in [3.8, 4) is 22.9 Å². The number of hydrogen-bond acceptors (Lipinski definition) is 3. The zero-order chi connectivity index (χ0) is 35.5. The van der Waals surface area contributed by atoms with E-state index in [9.17, 15) is 5.26 Å². The standard InChI is InChI=1S/C49H29N3O2/c50-28-29-14-18-33(19-15-29)52-43-21-17-31(23-37(43)39-25-41-35-11-5-7-13-47(35)54-49(41)27-45(39)52)30-16-20-42-36(22-30)38-24-40-34-10-4-6-12-46(34)53-48(40)26-44(38)51(42)32-8-2-1-3-9-32/h1-14,16-18,20-27H,15,19H2. The first-order valence-electron chi connectivity index (χ1n) is 18.4. The summed E-state index contributed by atoms with van der Waals surface area (Å²) >= 11 is 0. The Kier molecular flexibility index (Phi) is 5.90. The minimum absolute atomic E-state index is 0.728. The second-order valence-electron chi connectivity index (χ2n) is 14.4. The summed E-state index contributed by atoms with van der Waals surface area (Å²) in [4.78, 5) is 0. The van der Waals surface area contributed by atoms with Crippen LogP contribution in [0.5, 0.6) is 0 Å². The van der Waals surface area contributed by atoms with Gasteiger partial charge in [0.2, 0.25) is 0 Å². The lowest BCUT2D eigenvalue weighted by Gasteiger charge is -2.15. The SMILES string of the molecule is N#CC1=CC=C(n2c3ccc(-c4ccc5c(c4)c4cc6c(cc4n5-c4ccccc4)oc4ccccc46)cc3c3cc4c(cc32)oc2ccccc24)CC1. The number of nitrogens with zero attached hydrogens (tertiary/aromatic N) is 3. The molecule has 0 atom stereocenters. The average Bonchev–Trinajstić information content (AvgIpc) is 3.96. The van der Waals surface area contributed by atoms with E-state index in [1.807, 2.05) is 30.3 Å². The Labute approximate surface area is 308 Å². The van der Waals surface area contributed by atoms with E-state index in [2.05, 4.69) is 137 Å². The third-order valence-corrected chi connectivity index (χ3v) is 11.4. The molecule has 0 aliphatic heterocycles. The Morgan fingerprint density at radius 3 is 1.54 bits per heavy atom. The van der Waals surface area contributed by atoms with Crippen LogP contribution in [0.2, 0.25) is 0 Å². The summed E-state index contributed by atoms with van der Waals surface area (Å²) in [5.74, 6) is 0. The molecule has 0 saturated heterocycles. The van der Waals surface area contributed by atoms with Gasteiger partial charge in [0, 0.05) is 72.2 Å². The first-order chi connectivity index (χ1) is 26.7. The van der Waals surface area contributed by atoms with Gasteiger partial charge in [-0.05, 0) is 96.8 Å². The maximum Gasteiger partial charge on any atom is 0.137 e. The molecule has 0 N–H and O–H groups in total. The van der Waals surface area contributed by atoms with Crippen LogP contribution in [0.15, 0.2) is 166 Å². The molecule has 0 amide bonds. The van der Waals surface area contributed by atoms with Crippen LogP contribution >= 0.6 is 0 Å². The minimum atomic E-state index is 0.728. The molecular weight excluding hydrogens is 663 g/mol. The van der Waals surface area contributed by atoms with E-state index in [1.54, 1.807) is 0 Å². The fraction of sp³-hybridized carbons (Fsp3) is 0.0408. The molecule has 0 radical (unpaired) electrons. The summed E-state index contributed by atoms with van der Waals surface area (Å²) < 4.78 is 17.5. The smallest absolute Gasteiger partial charge is 0.137 e. The van der Waals surface area contributed by atoms with Crippen molar-refractivity contribution in [1.29, 1.82) is 5.26 Å². The number of furan rings is 2. The minimum Gasteiger partial charge on any atom is -0.456 e. The van der Waals surface area contributed by atoms with E-state index in [4.69, 9.17) is 8.83 Å². The highest BCUT2D eigenvalue weighted by atomic mass is 16.3. The van der Waals surface area contributed by atoms with Crippen molar-refractivity contribution in [2.45, 2.75) is 12.8 Å². The van der Waals surface area contributed by atoms with E-state index >= 15 is 0 Å². The maximum atomic E-state index is 9.57. The first-order valence-corrected chi connectivity index (χ1v) is 18.4. The van der Waals surface area contributed by atoms with Crippen LogP contribution in [0.4, 0.5) is 0 Å². The van der Waals surface area contributed by atoms with E-state index in [1.165, 1.54) is 27.2 Å². The Bertz CT molecular complexity index is 3500. The number of fused-ring (bicyclic) bond motifs is 12. The maximum absolute atomic E-state index is 9.57. The van der Waals surface area contributed by atoms with E-state index in [0.717, 1.165) is 101 Å². The zero-order valence-corrected chi connectivity index (χ0v) is 29.0. The van der Waals surface area contributed by atoms with Gasteiger partial charge in [0.15, 0.2) is 0 Å². The van der Waals surface area contributed by atoms with Gasteiger partial charge in [-0.15, -0.1) is 0 Å². The van der Waals surface area contributed by atoms with Gasteiger partial charge in [0.25, 0.3) is 0 Å². The van der Waals surface area contributed by atoms with Crippen molar-refractivity contribution in [3.05, 3.63) is 157 Å². The van der Waals surface area contributed by atoms with Gasteiger partial charge >= 0.3 is 0 Å².